The number of thioether (sulfide) groups is 1. The van der Waals surface area contributed by atoms with Gasteiger partial charge in [-0.2, -0.15) is 0 Å². The van der Waals surface area contributed by atoms with Crippen molar-refractivity contribution in [2.45, 2.75) is 13.8 Å². The summed E-state index contributed by atoms with van der Waals surface area (Å²) in [5, 5.41) is 0. The van der Waals surface area contributed by atoms with E-state index in [9.17, 15) is 9.59 Å². The van der Waals surface area contributed by atoms with Crippen LogP contribution >= 0.6 is 24.0 Å². The lowest BCUT2D eigenvalue weighted by Gasteiger charge is -2.37. The van der Waals surface area contributed by atoms with Crippen LogP contribution in [0.2, 0.25) is 0 Å². The highest BCUT2D eigenvalue weighted by Gasteiger charge is 2.33. The normalized spacial score (nSPS) is 17.5. The Morgan fingerprint density at radius 1 is 1.05 bits per heavy atom. The van der Waals surface area contributed by atoms with Gasteiger partial charge in [0.05, 0.1) is 17.6 Å². The highest BCUT2D eigenvalue weighted by Crippen LogP contribution is 2.34. The molecule has 2 fully saturated rings. The number of pyridine rings is 1. The van der Waals surface area contributed by atoms with Gasteiger partial charge >= 0.3 is 0 Å². The number of ether oxygens (including phenoxy) is 1. The van der Waals surface area contributed by atoms with Crippen LogP contribution in [0.25, 0.3) is 11.7 Å². The Hall–Kier alpha value is -3.37. The number of fused-ring (bicyclic) bond motifs is 1. The molecule has 2 aliphatic heterocycles. The van der Waals surface area contributed by atoms with Crippen molar-refractivity contribution in [2.24, 2.45) is 5.92 Å². The summed E-state index contributed by atoms with van der Waals surface area (Å²) in [6.45, 7) is 7.58. The monoisotopic (exact) mass is 535 g/mol. The van der Waals surface area contributed by atoms with E-state index < -0.39 is 0 Å². The molecule has 2 aromatic heterocycles. The maximum atomic E-state index is 13.6. The zero-order chi connectivity index (χ0) is 26.1. The Bertz CT molecular complexity index is 1430. The van der Waals surface area contributed by atoms with Gasteiger partial charge < -0.3 is 14.5 Å². The van der Waals surface area contributed by atoms with Crippen molar-refractivity contribution in [1.82, 2.24) is 14.3 Å². The highest BCUT2D eigenvalue weighted by atomic mass is 32.2. The van der Waals surface area contributed by atoms with E-state index in [1.165, 1.54) is 16.2 Å². The second kappa shape index (κ2) is 10.5. The average molecular weight is 536 g/mol. The van der Waals surface area contributed by atoms with Crippen LogP contribution in [-0.4, -0.2) is 64.3 Å². The number of anilines is 2. The van der Waals surface area contributed by atoms with Crippen LogP contribution in [0.3, 0.4) is 0 Å². The molecule has 8 nitrogen and oxygen atoms in total. The summed E-state index contributed by atoms with van der Waals surface area (Å²) in [5.41, 5.74) is 1.91. The van der Waals surface area contributed by atoms with E-state index in [2.05, 4.69) is 21.9 Å². The van der Waals surface area contributed by atoms with Crippen molar-refractivity contribution in [3.63, 3.8) is 0 Å². The Balaban J connectivity index is 1.48. The fourth-order valence-corrected chi connectivity index (χ4v) is 5.84. The van der Waals surface area contributed by atoms with Crippen LogP contribution in [0, 0.1) is 5.92 Å². The van der Waals surface area contributed by atoms with Gasteiger partial charge in [0, 0.05) is 44.6 Å². The molecule has 1 amide bonds. The number of benzene rings is 1. The molecule has 0 atom stereocenters. The first kappa shape index (κ1) is 25.3. The third kappa shape index (κ3) is 5.08. The Morgan fingerprint density at radius 3 is 2.43 bits per heavy atom. The van der Waals surface area contributed by atoms with E-state index in [-0.39, 0.29) is 17.4 Å². The van der Waals surface area contributed by atoms with Gasteiger partial charge in [-0.15, -0.1) is 0 Å². The minimum Gasteiger partial charge on any atom is -0.497 e. The molecule has 2 aliphatic rings. The quantitative estimate of drug-likeness (QED) is 0.348. The van der Waals surface area contributed by atoms with Gasteiger partial charge in [0.2, 0.25) is 0 Å². The molecule has 0 radical (unpaired) electrons. The number of carbonyl (C=O) groups is 1. The maximum Gasteiger partial charge on any atom is 0.267 e. The molecule has 2 saturated heterocycles. The summed E-state index contributed by atoms with van der Waals surface area (Å²) >= 11 is 6.72. The Kier molecular flexibility index (Phi) is 7.21. The number of aromatic nitrogens is 2. The van der Waals surface area contributed by atoms with Gasteiger partial charge in [-0.3, -0.25) is 18.9 Å². The molecule has 0 unspecified atom stereocenters. The first-order valence-corrected chi connectivity index (χ1v) is 13.5. The molecule has 37 heavy (non-hydrogen) atoms. The summed E-state index contributed by atoms with van der Waals surface area (Å²) in [4.78, 5) is 38.2. The largest absolute Gasteiger partial charge is 0.497 e. The second-order valence-corrected chi connectivity index (χ2v) is 11.1. The maximum absolute atomic E-state index is 13.6. The molecule has 0 spiro atoms. The molecule has 5 rings (SSSR count). The number of amides is 1. The van der Waals surface area contributed by atoms with Gasteiger partial charge in [-0.05, 0) is 48.4 Å². The topological polar surface area (TPSA) is 70.4 Å². The predicted molar refractivity (Wildman–Crippen MR) is 154 cm³/mol. The van der Waals surface area contributed by atoms with Crippen LogP contribution < -0.4 is 20.1 Å². The molecule has 0 bridgehead atoms. The van der Waals surface area contributed by atoms with Gasteiger partial charge in [0.15, 0.2) is 0 Å². The van der Waals surface area contributed by atoms with Gasteiger partial charge in [0.25, 0.3) is 11.5 Å². The lowest BCUT2D eigenvalue weighted by atomic mass is 10.2. The van der Waals surface area contributed by atoms with E-state index in [0.717, 1.165) is 24.5 Å². The third-order valence-electron chi connectivity index (χ3n) is 6.46. The molecule has 1 aromatic carbocycles. The van der Waals surface area contributed by atoms with Gasteiger partial charge in [-0.1, -0.05) is 43.9 Å². The lowest BCUT2D eigenvalue weighted by molar-refractivity contribution is -0.122. The molecule has 0 saturated carbocycles. The fraction of sp³-hybridized carbons (Fsp3) is 0.333. The van der Waals surface area contributed by atoms with Crippen LogP contribution in [0.4, 0.5) is 11.5 Å². The van der Waals surface area contributed by atoms with Crippen LogP contribution in [0.5, 0.6) is 5.75 Å². The SMILES string of the molecule is COc1ccc(N2CCN(c3nc4ccccn4c(=O)c3C=C3SC(=S)N(CC(C)C)C3=O)CC2)cc1. The molecular formula is C27H29N5O3S2. The summed E-state index contributed by atoms with van der Waals surface area (Å²) in [6.07, 6.45) is 3.39. The Labute approximate surface area is 225 Å². The first-order valence-electron chi connectivity index (χ1n) is 12.3. The number of rotatable bonds is 6. The minimum atomic E-state index is -0.202. The fourth-order valence-electron chi connectivity index (χ4n) is 4.58. The van der Waals surface area contributed by atoms with Crippen molar-refractivity contribution in [1.29, 1.82) is 0 Å². The van der Waals surface area contributed by atoms with Crippen molar-refractivity contribution in [3.05, 3.63) is 69.5 Å². The summed E-state index contributed by atoms with van der Waals surface area (Å²) in [7, 11) is 1.66. The predicted octanol–water partition coefficient (Wildman–Crippen LogP) is 3.89. The molecule has 4 heterocycles. The highest BCUT2D eigenvalue weighted by molar-refractivity contribution is 8.26. The van der Waals surface area contributed by atoms with Crippen molar-refractivity contribution >= 4 is 57.4 Å². The second-order valence-electron chi connectivity index (χ2n) is 9.44. The van der Waals surface area contributed by atoms with Crippen LogP contribution in [0.1, 0.15) is 19.4 Å². The van der Waals surface area contributed by atoms with Crippen LogP contribution in [0.15, 0.2) is 58.4 Å². The average Bonchev–Trinajstić information content (AvgIpc) is 3.17. The Morgan fingerprint density at radius 2 is 1.76 bits per heavy atom. The summed E-state index contributed by atoms with van der Waals surface area (Å²) in [6, 6.07) is 13.5. The molecule has 10 heteroatoms. The van der Waals surface area contributed by atoms with Crippen molar-refractivity contribution < 1.29 is 9.53 Å². The smallest absolute Gasteiger partial charge is 0.267 e. The van der Waals surface area contributed by atoms with Gasteiger partial charge in [0.1, 0.15) is 21.5 Å². The zero-order valence-corrected chi connectivity index (χ0v) is 22.7. The number of carbonyl (C=O) groups excluding carboxylic acids is 1. The number of piperazine rings is 1. The standard InChI is InChI=1S/C27H29N5O3S2/c1-18(2)17-32-26(34)22(37-27(32)36)16-21-24(28-23-6-4-5-11-31(23)25(21)33)30-14-12-29(13-15-30)19-7-9-20(35-3)10-8-19/h4-11,16,18H,12-15,17H2,1-3H3. The van der Waals surface area contributed by atoms with E-state index in [1.807, 2.05) is 38.1 Å². The number of thiocarbonyl (C=S) groups is 1. The van der Waals surface area contributed by atoms with E-state index in [0.29, 0.717) is 45.9 Å². The zero-order valence-electron chi connectivity index (χ0n) is 21.1. The number of methoxy groups -OCH3 is 1. The number of hydrogen-bond donors (Lipinski definition) is 0. The molecule has 192 valence electrons. The first-order chi connectivity index (χ1) is 17.9. The van der Waals surface area contributed by atoms with Crippen molar-refractivity contribution in [2.75, 3.05) is 49.6 Å². The lowest BCUT2D eigenvalue weighted by Crippen LogP contribution is -2.47. The number of nitrogens with zero attached hydrogens (tertiary/aromatic N) is 5. The van der Waals surface area contributed by atoms with E-state index in [4.69, 9.17) is 21.9 Å². The third-order valence-corrected chi connectivity index (χ3v) is 7.84. The minimum absolute atomic E-state index is 0.156. The van der Waals surface area contributed by atoms with E-state index >= 15 is 0 Å². The molecule has 0 N–H and O–H groups in total. The summed E-state index contributed by atoms with van der Waals surface area (Å²) in [5.74, 6) is 1.55. The van der Waals surface area contributed by atoms with E-state index in [1.54, 1.807) is 30.3 Å². The van der Waals surface area contributed by atoms with Gasteiger partial charge in [-0.25, -0.2) is 4.98 Å². The van der Waals surface area contributed by atoms with Crippen LogP contribution in [-0.2, 0) is 4.79 Å². The molecule has 3 aromatic rings. The van der Waals surface area contributed by atoms with Crippen molar-refractivity contribution in [3.8, 4) is 5.75 Å². The molecular weight excluding hydrogens is 506 g/mol. The summed E-state index contributed by atoms with van der Waals surface area (Å²) < 4.78 is 7.32. The number of hydrogen-bond acceptors (Lipinski definition) is 8. The molecule has 0 aliphatic carbocycles.